The van der Waals surface area contributed by atoms with Gasteiger partial charge in [0.15, 0.2) is 0 Å². The van der Waals surface area contributed by atoms with E-state index in [-0.39, 0.29) is 17.4 Å². The minimum Gasteiger partial charge on any atom is -0.477 e. The summed E-state index contributed by atoms with van der Waals surface area (Å²) in [4.78, 5) is 29.0. The molecule has 3 aromatic heterocycles. The third-order valence-corrected chi connectivity index (χ3v) is 4.52. The molecule has 4 heterocycles. The predicted molar refractivity (Wildman–Crippen MR) is 87.6 cm³/mol. The Morgan fingerprint density at radius 1 is 1.46 bits per heavy atom. The van der Waals surface area contributed by atoms with Crippen molar-refractivity contribution in [2.45, 2.75) is 32.4 Å². The number of hydrogen-bond acceptors (Lipinski definition) is 4. The number of nitrogens with zero attached hydrogens (tertiary/aromatic N) is 3. The summed E-state index contributed by atoms with van der Waals surface area (Å²) in [6, 6.07) is 6.82. The summed E-state index contributed by atoms with van der Waals surface area (Å²) in [5.74, 6) is -1.07. The summed E-state index contributed by atoms with van der Waals surface area (Å²) < 4.78 is 8.72. The molecule has 7 nitrogen and oxygen atoms in total. The smallest absolute Gasteiger partial charge is 0.352 e. The second-order valence-corrected chi connectivity index (χ2v) is 6.10. The van der Waals surface area contributed by atoms with E-state index in [0.29, 0.717) is 29.8 Å². The number of fused-ring (bicyclic) bond motifs is 2. The molecule has 3 aromatic rings. The Labute approximate surface area is 137 Å². The number of aromatic nitrogens is 3. The Morgan fingerprint density at radius 2 is 2.29 bits per heavy atom. The van der Waals surface area contributed by atoms with Crippen LogP contribution in [0.25, 0.3) is 16.7 Å². The summed E-state index contributed by atoms with van der Waals surface area (Å²) in [6.07, 6.45) is 1.80. The highest BCUT2D eigenvalue weighted by atomic mass is 16.5. The van der Waals surface area contributed by atoms with Gasteiger partial charge in [-0.15, -0.1) is 0 Å². The van der Waals surface area contributed by atoms with Crippen LogP contribution in [-0.2, 0) is 11.3 Å². The van der Waals surface area contributed by atoms with E-state index in [9.17, 15) is 14.7 Å². The van der Waals surface area contributed by atoms with Gasteiger partial charge >= 0.3 is 5.97 Å². The van der Waals surface area contributed by atoms with E-state index in [4.69, 9.17) is 4.74 Å². The van der Waals surface area contributed by atoms with Gasteiger partial charge in [0.25, 0.3) is 5.56 Å². The van der Waals surface area contributed by atoms with Crippen LogP contribution in [0.3, 0.4) is 0 Å². The Bertz CT molecular complexity index is 1010. The maximum atomic E-state index is 12.8. The Kier molecular flexibility index (Phi) is 3.38. The lowest BCUT2D eigenvalue weighted by molar-refractivity contribution is 0.0672. The molecular weight excluding hydrogens is 310 g/mol. The molecule has 1 fully saturated rings. The molecule has 0 bridgehead atoms. The fraction of sp³-hybridized carbons (Fsp3) is 0.353. The van der Waals surface area contributed by atoms with Gasteiger partial charge in [-0.25, -0.2) is 9.78 Å². The van der Waals surface area contributed by atoms with Crippen molar-refractivity contribution in [1.29, 1.82) is 0 Å². The van der Waals surface area contributed by atoms with E-state index in [1.807, 2.05) is 19.1 Å². The van der Waals surface area contributed by atoms with Gasteiger partial charge in [-0.3, -0.25) is 9.20 Å². The Hall–Kier alpha value is -2.67. The quantitative estimate of drug-likeness (QED) is 0.793. The van der Waals surface area contributed by atoms with Gasteiger partial charge < -0.3 is 14.4 Å². The zero-order valence-electron chi connectivity index (χ0n) is 13.2. The first kappa shape index (κ1) is 14.9. The molecule has 0 spiro atoms. The van der Waals surface area contributed by atoms with Crippen molar-refractivity contribution in [3.05, 3.63) is 46.0 Å². The van der Waals surface area contributed by atoms with Crippen LogP contribution >= 0.6 is 0 Å². The van der Waals surface area contributed by atoms with E-state index >= 15 is 0 Å². The fourth-order valence-electron chi connectivity index (χ4n) is 3.35. The van der Waals surface area contributed by atoms with Crippen LogP contribution in [0.5, 0.6) is 0 Å². The minimum atomic E-state index is -1.07. The van der Waals surface area contributed by atoms with E-state index in [1.165, 1.54) is 10.5 Å². The van der Waals surface area contributed by atoms with Crippen molar-refractivity contribution in [3.63, 3.8) is 0 Å². The van der Waals surface area contributed by atoms with Crippen LogP contribution in [0.4, 0.5) is 0 Å². The van der Waals surface area contributed by atoms with Crippen LogP contribution < -0.4 is 5.56 Å². The molecule has 0 aliphatic carbocycles. The monoisotopic (exact) mass is 327 g/mol. The second kappa shape index (κ2) is 5.45. The average Bonchev–Trinajstić information content (AvgIpc) is 3.17. The van der Waals surface area contributed by atoms with E-state index in [2.05, 4.69) is 4.98 Å². The molecule has 0 aromatic carbocycles. The minimum absolute atomic E-state index is 0.0449. The number of hydrogen-bond donors (Lipinski definition) is 1. The molecule has 24 heavy (non-hydrogen) atoms. The van der Waals surface area contributed by atoms with Crippen LogP contribution in [0.1, 0.15) is 29.0 Å². The number of aryl methyl sites for hydroxylation is 1. The highest BCUT2D eigenvalue weighted by molar-refractivity contribution is 5.93. The molecule has 1 N–H and O–H groups in total. The zero-order chi connectivity index (χ0) is 16.8. The zero-order valence-corrected chi connectivity index (χ0v) is 13.2. The third kappa shape index (κ3) is 2.20. The molecule has 0 amide bonds. The van der Waals surface area contributed by atoms with Gasteiger partial charge in [-0.2, -0.15) is 0 Å². The van der Waals surface area contributed by atoms with Crippen molar-refractivity contribution < 1.29 is 14.6 Å². The number of carboxylic acid groups (broad SMARTS) is 1. The number of pyridine rings is 1. The Morgan fingerprint density at radius 3 is 3.00 bits per heavy atom. The standard InChI is InChI=1S/C17H17N3O4/c1-10-4-2-6-14-18-15-12(16(21)20(10)14)8-13(17(22)23)19(15)9-11-5-3-7-24-11/h2,4,6,8,11H,3,5,7,9H2,1H3,(H,22,23). The third-order valence-electron chi connectivity index (χ3n) is 4.52. The summed E-state index contributed by atoms with van der Waals surface area (Å²) in [5.41, 5.74) is 1.49. The summed E-state index contributed by atoms with van der Waals surface area (Å²) in [5, 5.41) is 9.84. The van der Waals surface area contributed by atoms with Gasteiger partial charge in [0, 0.05) is 12.3 Å². The molecule has 124 valence electrons. The lowest BCUT2D eigenvalue weighted by Gasteiger charge is -2.13. The molecule has 1 unspecified atom stereocenters. The first-order valence-corrected chi connectivity index (χ1v) is 7.93. The van der Waals surface area contributed by atoms with Gasteiger partial charge in [0.2, 0.25) is 0 Å². The highest BCUT2D eigenvalue weighted by Gasteiger charge is 2.24. The Balaban J connectivity index is 2.02. The largest absolute Gasteiger partial charge is 0.477 e. The van der Waals surface area contributed by atoms with Crippen molar-refractivity contribution >= 4 is 22.6 Å². The number of aromatic carboxylic acids is 1. The number of carbonyl (C=O) groups is 1. The van der Waals surface area contributed by atoms with Gasteiger partial charge in [0.05, 0.1) is 18.0 Å². The van der Waals surface area contributed by atoms with Crippen molar-refractivity contribution in [3.8, 4) is 0 Å². The molecule has 0 saturated carbocycles. The van der Waals surface area contributed by atoms with E-state index < -0.39 is 5.97 Å². The summed E-state index contributed by atoms with van der Waals surface area (Å²) >= 11 is 0. The van der Waals surface area contributed by atoms with Crippen LogP contribution in [-0.4, -0.2) is 37.7 Å². The van der Waals surface area contributed by atoms with E-state index in [0.717, 1.165) is 18.5 Å². The fourth-order valence-corrected chi connectivity index (χ4v) is 3.35. The van der Waals surface area contributed by atoms with Gasteiger partial charge in [-0.05, 0) is 38.0 Å². The van der Waals surface area contributed by atoms with Crippen LogP contribution in [0.2, 0.25) is 0 Å². The number of carboxylic acids is 1. The normalized spacial score (nSPS) is 17.8. The maximum absolute atomic E-state index is 12.8. The second-order valence-electron chi connectivity index (χ2n) is 6.10. The number of rotatable bonds is 3. The summed E-state index contributed by atoms with van der Waals surface area (Å²) in [6.45, 7) is 2.90. The lowest BCUT2D eigenvalue weighted by Crippen LogP contribution is -2.20. The van der Waals surface area contributed by atoms with Crippen LogP contribution in [0.15, 0.2) is 29.1 Å². The first-order chi connectivity index (χ1) is 11.6. The highest BCUT2D eigenvalue weighted by Crippen LogP contribution is 2.21. The molecule has 7 heteroatoms. The number of ether oxygens (including phenoxy) is 1. The maximum Gasteiger partial charge on any atom is 0.352 e. The lowest BCUT2D eigenvalue weighted by atomic mass is 10.2. The molecule has 1 aliphatic heterocycles. The molecule has 4 rings (SSSR count). The van der Waals surface area contributed by atoms with Crippen molar-refractivity contribution in [2.75, 3.05) is 6.61 Å². The van der Waals surface area contributed by atoms with Crippen LogP contribution in [0, 0.1) is 6.92 Å². The molecule has 1 aliphatic rings. The SMILES string of the molecule is Cc1cccc2nc3c(cc(C(=O)O)n3CC3CCCO3)c(=O)n12. The summed E-state index contributed by atoms with van der Waals surface area (Å²) in [7, 11) is 0. The van der Waals surface area contributed by atoms with Crippen molar-refractivity contribution in [2.24, 2.45) is 0 Å². The molecule has 1 atom stereocenters. The topological polar surface area (TPSA) is 85.8 Å². The molecule has 1 saturated heterocycles. The predicted octanol–water partition coefficient (Wildman–Crippen LogP) is 1.83. The van der Waals surface area contributed by atoms with Gasteiger partial charge in [-0.1, -0.05) is 6.07 Å². The molecule has 0 radical (unpaired) electrons. The average molecular weight is 327 g/mol. The molecular formula is C17H17N3O4. The van der Waals surface area contributed by atoms with Gasteiger partial charge in [0.1, 0.15) is 17.0 Å². The van der Waals surface area contributed by atoms with Crippen molar-refractivity contribution in [1.82, 2.24) is 14.0 Å². The first-order valence-electron chi connectivity index (χ1n) is 7.93. The van der Waals surface area contributed by atoms with E-state index in [1.54, 1.807) is 10.6 Å².